The number of hydrogen-bond acceptors (Lipinski definition) is 2. The molecule has 13 heavy (non-hydrogen) atoms. The van der Waals surface area contributed by atoms with E-state index in [2.05, 4.69) is 0 Å². The van der Waals surface area contributed by atoms with Crippen molar-refractivity contribution in [2.24, 2.45) is 5.92 Å². The molecule has 0 N–H and O–H groups in total. The molecule has 0 amide bonds. The molecule has 0 atom stereocenters. The molecule has 72 valence electrons. The second-order valence-electron chi connectivity index (χ2n) is 3.87. The van der Waals surface area contributed by atoms with Crippen LogP contribution in [0.4, 0.5) is 0 Å². The number of hydrogen-bond donors (Lipinski definition) is 0. The van der Waals surface area contributed by atoms with Crippen LogP contribution in [-0.2, 0) is 0 Å². The van der Waals surface area contributed by atoms with Crippen LogP contribution in [0.1, 0.15) is 42.1 Å². The van der Waals surface area contributed by atoms with Gasteiger partial charge in [0.15, 0.2) is 11.5 Å². The van der Waals surface area contributed by atoms with Crippen molar-refractivity contribution in [1.82, 2.24) is 0 Å². The summed E-state index contributed by atoms with van der Waals surface area (Å²) < 4.78 is 5.33. The molecule has 1 heterocycles. The first kappa shape index (κ1) is 10.0. The van der Waals surface area contributed by atoms with Crippen LogP contribution in [0, 0.1) is 19.8 Å². The molecule has 2 heteroatoms. The van der Waals surface area contributed by atoms with E-state index in [0.717, 1.165) is 11.3 Å². The molecule has 1 aromatic heterocycles. The number of aryl methyl sites for hydroxylation is 2. The molecule has 0 aliphatic rings. The lowest BCUT2D eigenvalue weighted by Crippen LogP contribution is -2.01. The van der Waals surface area contributed by atoms with E-state index >= 15 is 0 Å². The summed E-state index contributed by atoms with van der Waals surface area (Å²) in [5, 5.41) is 0. The Bertz CT molecular complexity index is 288. The average molecular weight is 180 g/mol. The summed E-state index contributed by atoms with van der Waals surface area (Å²) in [5.74, 6) is 1.83. The van der Waals surface area contributed by atoms with Gasteiger partial charge in [-0.15, -0.1) is 0 Å². The highest BCUT2D eigenvalue weighted by atomic mass is 16.3. The first-order chi connectivity index (χ1) is 6.00. The van der Waals surface area contributed by atoms with E-state index in [0.29, 0.717) is 18.1 Å². The minimum absolute atomic E-state index is 0.103. The Morgan fingerprint density at radius 3 is 2.46 bits per heavy atom. The van der Waals surface area contributed by atoms with Crippen LogP contribution in [0.3, 0.4) is 0 Å². The fourth-order valence-electron chi connectivity index (χ4n) is 1.18. The van der Waals surface area contributed by atoms with Crippen LogP contribution in [-0.4, -0.2) is 5.78 Å². The number of carbonyl (C=O) groups excluding carboxylic acids is 1. The molecule has 0 bridgehead atoms. The predicted octanol–water partition coefficient (Wildman–Crippen LogP) is 3.13. The second kappa shape index (κ2) is 3.77. The average Bonchev–Trinajstić information content (AvgIpc) is 2.31. The molecule has 0 aromatic carbocycles. The van der Waals surface area contributed by atoms with E-state index in [9.17, 15) is 4.79 Å². The maximum Gasteiger partial charge on any atom is 0.198 e. The summed E-state index contributed by atoms with van der Waals surface area (Å²) in [4.78, 5) is 11.5. The van der Waals surface area contributed by atoms with Gasteiger partial charge in [0.1, 0.15) is 5.76 Å². The third-order valence-corrected chi connectivity index (χ3v) is 2.03. The van der Waals surface area contributed by atoms with Crippen LogP contribution < -0.4 is 0 Å². The van der Waals surface area contributed by atoms with Crippen LogP contribution in [0.5, 0.6) is 0 Å². The Labute approximate surface area is 78.9 Å². The first-order valence-corrected chi connectivity index (χ1v) is 4.61. The summed E-state index contributed by atoms with van der Waals surface area (Å²) in [6.45, 7) is 7.88. The lowest BCUT2D eigenvalue weighted by atomic mass is 10.1. The summed E-state index contributed by atoms with van der Waals surface area (Å²) in [5.41, 5.74) is 1.05. The third kappa shape index (κ3) is 2.44. The number of furan rings is 1. The number of rotatable bonds is 3. The summed E-state index contributed by atoms with van der Waals surface area (Å²) >= 11 is 0. The highest BCUT2D eigenvalue weighted by Crippen LogP contribution is 2.16. The highest BCUT2D eigenvalue weighted by Gasteiger charge is 2.13. The minimum atomic E-state index is 0.103. The molecular weight excluding hydrogens is 164 g/mol. The Morgan fingerprint density at radius 1 is 1.46 bits per heavy atom. The fourth-order valence-corrected chi connectivity index (χ4v) is 1.18. The van der Waals surface area contributed by atoms with Crippen LogP contribution in [0.2, 0.25) is 0 Å². The number of ketones is 1. The minimum Gasteiger partial charge on any atom is -0.458 e. The van der Waals surface area contributed by atoms with Crippen molar-refractivity contribution < 1.29 is 9.21 Å². The number of Topliss-reactive ketones (excluding diaryl/α,β-unsaturated/α-hetero) is 1. The molecule has 0 aliphatic carbocycles. The van der Waals surface area contributed by atoms with Gasteiger partial charge in [0.05, 0.1) is 0 Å². The first-order valence-electron chi connectivity index (χ1n) is 4.61. The van der Waals surface area contributed by atoms with Gasteiger partial charge in [-0.25, -0.2) is 0 Å². The van der Waals surface area contributed by atoms with Gasteiger partial charge in [-0.1, -0.05) is 13.8 Å². The Kier molecular flexibility index (Phi) is 2.91. The van der Waals surface area contributed by atoms with Gasteiger partial charge in [-0.05, 0) is 31.4 Å². The zero-order valence-corrected chi connectivity index (χ0v) is 8.68. The summed E-state index contributed by atoms with van der Waals surface area (Å²) in [7, 11) is 0. The van der Waals surface area contributed by atoms with E-state index < -0.39 is 0 Å². The lowest BCUT2D eigenvalue weighted by molar-refractivity contribution is 0.0939. The molecule has 0 saturated carbocycles. The standard InChI is InChI=1S/C11H16O2/c1-7(2)5-10(12)11-6-8(3)9(4)13-11/h6-7H,5H2,1-4H3. The van der Waals surface area contributed by atoms with Crippen molar-refractivity contribution in [2.75, 3.05) is 0 Å². The van der Waals surface area contributed by atoms with E-state index in [4.69, 9.17) is 4.42 Å². The van der Waals surface area contributed by atoms with Crippen LogP contribution in [0.25, 0.3) is 0 Å². The zero-order chi connectivity index (χ0) is 10.0. The van der Waals surface area contributed by atoms with Gasteiger partial charge < -0.3 is 4.42 Å². The summed E-state index contributed by atoms with van der Waals surface area (Å²) in [6, 6.07) is 1.82. The van der Waals surface area contributed by atoms with Crippen LogP contribution >= 0.6 is 0 Å². The quantitative estimate of drug-likeness (QED) is 0.669. The van der Waals surface area contributed by atoms with Crippen molar-refractivity contribution >= 4 is 5.78 Å². The Hall–Kier alpha value is -1.05. The monoisotopic (exact) mass is 180 g/mol. The topological polar surface area (TPSA) is 30.2 Å². The molecule has 0 aliphatic heterocycles. The maximum absolute atomic E-state index is 11.5. The molecule has 1 aromatic rings. The number of carbonyl (C=O) groups is 1. The molecule has 1 rings (SSSR count). The van der Waals surface area contributed by atoms with Gasteiger partial charge in [-0.3, -0.25) is 4.79 Å². The van der Waals surface area contributed by atoms with Crippen molar-refractivity contribution in [3.8, 4) is 0 Å². The van der Waals surface area contributed by atoms with E-state index in [-0.39, 0.29) is 5.78 Å². The smallest absolute Gasteiger partial charge is 0.198 e. The van der Waals surface area contributed by atoms with E-state index in [1.54, 1.807) is 0 Å². The molecule has 0 unspecified atom stereocenters. The molecule has 0 radical (unpaired) electrons. The molecule has 0 saturated heterocycles. The fraction of sp³-hybridized carbons (Fsp3) is 0.545. The predicted molar refractivity (Wildman–Crippen MR) is 52.0 cm³/mol. The van der Waals surface area contributed by atoms with E-state index in [1.165, 1.54) is 0 Å². The van der Waals surface area contributed by atoms with Crippen molar-refractivity contribution in [1.29, 1.82) is 0 Å². The highest BCUT2D eigenvalue weighted by molar-refractivity contribution is 5.93. The van der Waals surface area contributed by atoms with Crippen molar-refractivity contribution in [3.05, 3.63) is 23.2 Å². The van der Waals surface area contributed by atoms with Gasteiger partial charge in [0, 0.05) is 6.42 Å². The maximum atomic E-state index is 11.5. The van der Waals surface area contributed by atoms with Gasteiger partial charge in [-0.2, -0.15) is 0 Å². The summed E-state index contributed by atoms with van der Waals surface area (Å²) in [6.07, 6.45) is 0.562. The van der Waals surface area contributed by atoms with Crippen LogP contribution in [0.15, 0.2) is 10.5 Å². The molecule has 0 fully saturated rings. The van der Waals surface area contributed by atoms with Crippen molar-refractivity contribution in [2.45, 2.75) is 34.1 Å². The Morgan fingerprint density at radius 2 is 2.08 bits per heavy atom. The lowest BCUT2D eigenvalue weighted by Gasteiger charge is -1.99. The third-order valence-electron chi connectivity index (χ3n) is 2.03. The van der Waals surface area contributed by atoms with Crippen molar-refractivity contribution in [3.63, 3.8) is 0 Å². The SMILES string of the molecule is Cc1cc(C(=O)CC(C)C)oc1C. The molecule has 0 spiro atoms. The second-order valence-corrected chi connectivity index (χ2v) is 3.87. The largest absolute Gasteiger partial charge is 0.458 e. The molecular formula is C11H16O2. The molecule has 2 nitrogen and oxygen atoms in total. The van der Waals surface area contributed by atoms with Gasteiger partial charge in [0.2, 0.25) is 0 Å². The van der Waals surface area contributed by atoms with Gasteiger partial charge in [0.25, 0.3) is 0 Å². The zero-order valence-electron chi connectivity index (χ0n) is 8.68. The van der Waals surface area contributed by atoms with E-state index in [1.807, 2.05) is 33.8 Å². The normalized spacial score (nSPS) is 10.8. The Balaban J connectivity index is 2.77. The van der Waals surface area contributed by atoms with Gasteiger partial charge >= 0.3 is 0 Å².